The van der Waals surface area contributed by atoms with E-state index in [1.165, 1.54) is 40.0 Å². The largest absolute Gasteiger partial charge is 0.313 e. The van der Waals surface area contributed by atoms with Crippen LogP contribution in [0.15, 0.2) is 29.6 Å². The van der Waals surface area contributed by atoms with Gasteiger partial charge in [0.05, 0.1) is 0 Å². The molecule has 0 bridgehead atoms. The van der Waals surface area contributed by atoms with Crippen LogP contribution in [0.4, 0.5) is 0 Å². The van der Waals surface area contributed by atoms with Gasteiger partial charge >= 0.3 is 0 Å². The van der Waals surface area contributed by atoms with Crippen LogP contribution in [-0.4, -0.2) is 7.05 Å². The van der Waals surface area contributed by atoms with Gasteiger partial charge in [-0.25, -0.2) is 0 Å². The first-order valence-electron chi connectivity index (χ1n) is 6.14. The molecule has 1 nitrogen and oxygen atoms in total. The third kappa shape index (κ3) is 1.81. The standard InChI is InChI=1S/C15H17NS/c1-10-7-8-17-15(10)12-3-5-13-11(9-12)4-6-14(13)16-2/h3,5,7-9,14,16H,4,6H2,1-2H3. The van der Waals surface area contributed by atoms with Crippen LogP contribution in [0.1, 0.15) is 29.2 Å². The zero-order valence-corrected chi connectivity index (χ0v) is 11.1. The minimum absolute atomic E-state index is 0.559. The number of fused-ring (bicyclic) bond motifs is 1. The summed E-state index contributed by atoms with van der Waals surface area (Å²) >= 11 is 1.84. The van der Waals surface area contributed by atoms with Crippen molar-refractivity contribution in [2.45, 2.75) is 25.8 Å². The van der Waals surface area contributed by atoms with Crippen LogP contribution >= 0.6 is 11.3 Å². The molecular weight excluding hydrogens is 226 g/mol. The summed E-state index contributed by atoms with van der Waals surface area (Å²) in [5.41, 5.74) is 5.78. The predicted octanol–water partition coefficient (Wildman–Crippen LogP) is 3.93. The number of hydrogen-bond acceptors (Lipinski definition) is 2. The average molecular weight is 243 g/mol. The van der Waals surface area contributed by atoms with E-state index < -0.39 is 0 Å². The number of aryl methyl sites for hydroxylation is 2. The number of rotatable bonds is 2. The van der Waals surface area contributed by atoms with Gasteiger partial charge in [0.15, 0.2) is 0 Å². The molecule has 0 saturated heterocycles. The monoisotopic (exact) mass is 243 g/mol. The second kappa shape index (κ2) is 4.28. The van der Waals surface area contributed by atoms with Crippen LogP contribution in [0.2, 0.25) is 0 Å². The lowest BCUT2D eigenvalue weighted by Crippen LogP contribution is -2.12. The molecule has 1 aliphatic rings. The molecule has 1 aromatic heterocycles. The minimum atomic E-state index is 0.559. The Bertz CT molecular complexity index is 542. The summed E-state index contributed by atoms with van der Waals surface area (Å²) in [5.74, 6) is 0. The summed E-state index contributed by atoms with van der Waals surface area (Å²) < 4.78 is 0. The molecule has 1 aliphatic carbocycles. The quantitative estimate of drug-likeness (QED) is 0.842. The topological polar surface area (TPSA) is 12.0 Å². The molecule has 0 amide bonds. The maximum absolute atomic E-state index is 3.39. The minimum Gasteiger partial charge on any atom is -0.313 e. The van der Waals surface area contributed by atoms with Crippen LogP contribution in [0.25, 0.3) is 10.4 Å². The van der Waals surface area contributed by atoms with E-state index in [9.17, 15) is 0 Å². The Morgan fingerprint density at radius 2 is 2.18 bits per heavy atom. The molecule has 1 atom stereocenters. The molecule has 2 aromatic rings. The summed E-state index contributed by atoms with van der Waals surface area (Å²) in [6.45, 7) is 2.19. The third-order valence-electron chi connectivity index (χ3n) is 3.69. The molecule has 0 spiro atoms. The van der Waals surface area contributed by atoms with Crippen LogP contribution in [0.3, 0.4) is 0 Å². The molecule has 1 N–H and O–H groups in total. The van der Waals surface area contributed by atoms with E-state index in [0.717, 1.165) is 0 Å². The van der Waals surface area contributed by atoms with Crippen LogP contribution in [0.5, 0.6) is 0 Å². The predicted molar refractivity (Wildman–Crippen MR) is 74.6 cm³/mol. The van der Waals surface area contributed by atoms with Crippen LogP contribution in [-0.2, 0) is 6.42 Å². The highest BCUT2D eigenvalue weighted by atomic mass is 32.1. The summed E-state index contributed by atoms with van der Waals surface area (Å²) in [6, 6.07) is 9.71. The number of thiophene rings is 1. The first-order valence-corrected chi connectivity index (χ1v) is 7.02. The van der Waals surface area contributed by atoms with Crippen molar-refractivity contribution >= 4 is 11.3 Å². The first-order chi connectivity index (χ1) is 8.29. The van der Waals surface area contributed by atoms with E-state index in [0.29, 0.717) is 6.04 Å². The SMILES string of the molecule is CNC1CCc2cc(-c3sccc3C)ccc21. The lowest BCUT2D eigenvalue weighted by Gasteiger charge is -2.10. The fourth-order valence-corrected chi connectivity index (χ4v) is 3.65. The second-order valence-electron chi connectivity index (χ2n) is 4.73. The van der Waals surface area contributed by atoms with Gasteiger partial charge in [-0.3, -0.25) is 0 Å². The van der Waals surface area contributed by atoms with Gasteiger partial charge in [0.25, 0.3) is 0 Å². The van der Waals surface area contributed by atoms with E-state index in [1.807, 2.05) is 11.3 Å². The first kappa shape index (κ1) is 11.0. The van der Waals surface area contributed by atoms with Crippen molar-refractivity contribution in [2.24, 2.45) is 0 Å². The van der Waals surface area contributed by atoms with Gasteiger partial charge in [-0.05, 0) is 66.6 Å². The molecular formula is C15H17NS. The second-order valence-corrected chi connectivity index (χ2v) is 5.64. The van der Waals surface area contributed by atoms with Gasteiger partial charge in [-0.15, -0.1) is 11.3 Å². The molecule has 88 valence electrons. The molecule has 0 radical (unpaired) electrons. The van der Waals surface area contributed by atoms with E-state index >= 15 is 0 Å². The van der Waals surface area contributed by atoms with Crippen molar-refractivity contribution in [3.05, 3.63) is 46.3 Å². The highest BCUT2D eigenvalue weighted by Gasteiger charge is 2.21. The average Bonchev–Trinajstić information content (AvgIpc) is 2.93. The van der Waals surface area contributed by atoms with Gasteiger partial charge in [-0.2, -0.15) is 0 Å². The Hall–Kier alpha value is -1.12. The Kier molecular flexibility index (Phi) is 2.77. The molecule has 17 heavy (non-hydrogen) atoms. The van der Waals surface area contributed by atoms with Crippen molar-refractivity contribution in [2.75, 3.05) is 7.05 Å². The summed E-state index contributed by atoms with van der Waals surface area (Å²) in [7, 11) is 2.05. The molecule has 1 unspecified atom stereocenters. The fourth-order valence-electron chi connectivity index (χ4n) is 2.73. The Morgan fingerprint density at radius 1 is 1.29 bits per heavy atom. The Morgan fingerprint density at radius 3 is 2.88 bits per heavy atom. The van der Waals surface area contributed by atoms with Crippen LogP contribution < -0.4 is 5.32 Å². The molecule has 1 heterocycles. The van der Waals surface area contributed by atoms with Crippen molar-refractivity contribution < 1.29 is 0 Å². The van der Waals surface area contributed by atoms with Crippen LogP contribution in [0, 0.1) is 6.92 Å². The third-order valence-corrected chi connectivity index (χ3v) is 4.76. The van der Waals surface area contributed by atoms with Crippen molar-refractivity contribution in [3.8, 4) is 10.4 Å². The highest BCUT2D eigenvalue weighted by molar-refractivity contribution is 7.13. The number of benzene rings is 1. The van der Waals surface area contributed by atoms with E-state index in [4.69, 9.17) is 0 Å². The van der Waals surface area contributed by atoms with E-state index in [-0.39, 0.29) is 0 Å². The Balaban J connectivity index is 2.03. The maximum Gasteiger partial charge on any atom is 0.0371 e. The summed E-state index contributed by atoms with van der Waals surface area (Å²) in [6.07, 6.45) is 2.44. The molecule has 1 aromatic carbocycles. The van der Waals surface area contributed by atoms with Gasteiger partial charge in [-0.1, -0.05) is 12.1 Å². The molecule has 0 aliphatic heterocycles. The van der Waals surface area contributed by atoms with Gasteiger partial charge < -0.3 is 5.32 Å². The number of hydrogen-bond donors (Lipinski definition) is 1. The normalized spacial score (nSPS) is 18.4. The Labute approximate surface area is 106 Å². The zero-order valence-electron chi connectivity index (χ0n) is 10.3. The summed E-state index contributed by atoms with van der Waals surface area (Å²) in [4.78, 5) is 1.42. The maximum atomic E-state index is 3.39. The zero-order chi connectivity index (χ0) is 11.8. The lowest BCUT2D eigenvalue weighted by molar-refractivity contribution is 0.590. The highest BCUT2D eigenvalue weighted by Crippen LogP contribution is 2.36. The molecule has 0 saturated carbocycles. The van der Waals surface area contributed by atoms with Gasteiger partial charge in [0.1, 0.15) is 0 Å². The van der Waals surface area contributed by atoms with Crippen molar-refractivity contribution in [1.82, 2.24) is 5.32 Å². The summed E-state index contributed by atoms with van der Waals surface area (Å²) in [5, 5.41) is 5.56. The van der Waals surface area contributed by atoms with Gasteiger partial charge in [0, 0.05) is 10.9 Å². The molecule has 0 fully saturated rings. The molecule has 3 rings (SSSR count). The van der Waals surface area contributed by atoms with E-state index in [1.54, 1.807) is 0 Å². The number of nitrogens with one attached hydrogen (secondary N) is 1. The smallest absolute Gasteiger partial charge is 0.0371 e. The van der Waals surface area contributed by atoms with Crippen molar-refractivity contribution in [3.63, 3.8) is 0 Å². The van der Waals surface area contributed by atoms with E-state index in [2.05, 4.69) is 48.9 Å². The van der Waals surface area contributed by atoms with Gasteiger partial charge in [0.2, 0.25) is 0 Å². The fraction of sp³-hybridized carbons (Fsp3) is 0.333. The van der Waals surface area contributed by atoms with Crippen molar-refractivity contribution in [1.29, 1.82) is 0 Å². The molecule has 2 heteroatoms. The lowest BCUT2D eigenvalue weighted by atomic mass is 10.0.